The van der Waals surface area contributed by atoms with Crippen LogP contribution < -0.4 is 5.32 Å². The fourth-order valence-electron chi connectivity index (χ4n) is 3.11. The largest absolute Gasteiger partial charge is 0.308 e. The van der Waals surface area contributed by atoms with Gasteiger partial charge in [0.15, 0.2) is 0 Å². The first-order chi connectivity index (χ1) is 9.33. The van der Waals surface area contributed by atoms with Gasteiger partial charge in [-0.05, 0) is 56.0 Å². The van der Waals surface area contributed by atoms with Crippen molar-refractivity contribution in [2.75, 3.05) is 7.05 Å². The average molecular weight is 255 g/mol. The van der Waals surface area contributed by atoms with Crippen molar-refractivity contribution in [1.29, 1.82) is 0 Å². The molecule has 0 spiro atoms. The highest BCUT2D eigenvalue weighted by Crippen LogP contribution is 2.28. The quantitative estimate of drug-likeness (QED) is 0.910. The lowest BCUT2D eigenvalue weighted by Gasteiger charge is -2.19. The molecule has 0 radical (unpaired) electrons. The molecule has 100 valence electrons. The molecule has 1 aliphatic carbocycles. The lowest BCUT2D eigenvalue weighted by Crippen LogP contribution is -2.21. The van der Waals surface area contributed by atoms with E-state index >= 15 is 0 Å². The second-order valence-corrected chi connectivity index (χ2v) is 5.18. The lowest BCUT2D eigenvalue weighted by atomic mass is 9.99. The maximum atomic E-state index is 4.38. The van der Waals surface area contributed by atoms with Gasteiger partial charge in [0.2, 0.25) is 0 Å². The molecule has 1 N–H and O–H groups in total. The van der Waals surface area contributed by atoms with Crippen molar-refractivity contribution >= 4 is 0 Å². The Bertz CT molecular complexity index is 571. The van der Waals surface area contributed by atoms with Crippen molar-refractivity contribution in [1.82, 2.24) is 15.1 Å². The molecule has 0 saturated carbocycles. The number of rotatable bonds is 4. The van der Waals surface area contributed by atoms with Gasteiger partial charge in [-0.25, -0.2) is 0 Å². The Morgan fingerprint density at radius 3 is 2.89 bits per heavy atom. The van der Waals surface area contributed by atoms with Crippen LogP contribution in [-0.2, 0) is 19.4 Å². The summed E-state index contributed by atoms with van der Waals surface area (Å²) in [5.74, 6) is 0. The summed E-state index contributed by atoms with van der Waals surface area (Å²) in [7, 11) is 2.02. The molecule has 0 amide bonds. The van der Waals surface area contributed by atoms with Crippen LogP contribution in [0.3, 0.4) is 0 Å². The molecule has 0 saturated heterocycles. The molecule has 0 aliphatic heterocycles. The SMILES string of the molecule is CCn1nccc1C(NC)c1ccc2c(c1)CCC2. The minimum absolute atomic E-state index is 0.230. The smallest absolute Gasteiger partial charge is 0.0745 e. The maximum Gasteiger partial charge on any atom is 0.0745 e. The molecular formula is C16H21N3. The van der Waals surface area contributed by atoms with Crippen LogP contribution >= 0.6 is 0 Å². The third-order valence-corrected chi connectivity index (χ3v) is 4.09. The van der Waals surface area contributed by atoms with Crippen LogP contribution in [0.4, 0.5) is 0 Å². The lowest BCUT2D eigenvalue weighted by molar-refractivity contribution is 0.563. The van der Waals surface area contributed by atoms with Crippen LogP contribution in [0.5, 0.6) is 0 Å². The highest BCUT2D eigenvalue weighted by atomic mass is 15.3. The molecule has 3 heteroatoms. The summed E-state index contributed by atoms with van der Waals surface area (Å²) >= 11 is 0. The first kappa shape index (κ1) is 12.4. The van der Waals surface area contributed by atoms with E-state index < -0.39 is 0 Å². The van der Waals surface area contributed by atoms with Crippen LogP contribution in [0.1, 0.15) is 41.8 Å². The zero-order valence-electron chi connectivity index (χ0n) is 11.7. The number of nitrogens with one attached hydrogen (secondary N) is 1. The first-order valence-corrected chi connectivity index (χ1v) is 7.14. The number of benzene rings is 1. The van der Waals surface area contributed by atoms with Crippen LogP contribution in [0.15, 0.2) is 30.5 Å². The van der Waals surface area contributed by atoms with Gasteiger partial charge in [-0.2, -0.15) is 5.10 Å². The molecule has 0 bridgehead atoms. The fourth-order valence-corrected chi connectivity index (χ4v) is 3.11. The Morgan fingerprint density at radius 2 is 2.11 bits per heavy atom. The van der Waals surface area contributed by atoms with E-state index in [-0.39, 0.29) is 6.04 Å². The van der Waals surface area contributed by atoms with Gasteiger partial charge in [0.1, 0.15) is 0 Å². The molecular weight excluding hydrogens is 234 g/mol. The molecule has 1 aromatic carbocycles. The fraction of sp³-hybridized carbons (Fsp3) is 0.438. The second-order valence-electron chi connectivity index (χ2n) is 5.18. The van der Waals surface area contributed by atoms with Gasteiger partial charge in [0.05, 0.1) is 11.7 Å². The summed E-state index contributed by atoms with van der Waals surface area (Å²) in [5.41, 5.74) is 5.64. The van der Waals surface area contributed by atoms with Gasteiger partial charge < -0.3 is 5.32 Å². The summed E-state index contributed by atoms with van der Waals surface area (Å²) < 4.78 is 2.06. The van der Waals surface area contributed by atoms with Gasteiger partial charge in [0.25, 0.3) is 0 Å². The van der Waals surface area contributed by atoms with Crippen molar-refractivity contribution in [3.63, 3.8) is 0 Å². The van der Waals surface area contributed by atoms with Crippen molar-refractivity contribution < 1.29 is 0 Å². The monoisotopic (exact) mass is 255 g/mol. The van der Waals surface area contributed by atoms with Gasteiger partial charge in [0, 0.05) is 12.7 Å². The summed E-state index contributed by atoms with van der Waals surface area (Å²) in [6.45, 7) is 3.04. The molecule has 1 atom stereocenters. The number of aromatic nitrogens is 2. The number of aryl methyl sites for hydroxylation is 3. The van der Waals surface area contributed by atoms with E-state index in [1.165, 1.54) is 41.6 Å². The van der Waals surface area contributed by atoms with Gasteiger partial charge in [-0.3, -0.25) is 4.68 Å². The topological polar surface area (TPSA) is 29.9 Å². The number of hydrogen-bond donors (Lipinski definition) is 1. The average Bonchev–Trinajstić information content (AvgIpc) is 3.07. The highest BCUT2D eigenvalue weighted by molar-refractivity contribution is 5.38. The van der Waals surface area contributed by atoms with E-state index in [2.05, 4.69) is 46.3 Å². The Kier molecular flexibility index (Phi) is 3.38. The molecule has 1 aromatic heterocycles. The molecule has 1 aliphatic rings. The molecule has 1 heterocycles. The predicted molar refractivity (Wildman–Crippen MR) is 77.3 cm³/mol. The van der Waals surface area contributed by atoms with E-state index in [9.17, 15) is 0 Å². The van der Waals surface area contributed by atoms with Crippen molar-refractivity contribution in [2.45, 2.75) is 38.8 Å². The van der Waals surface area contributed by atoms with Gasteiger partial charge in [-0.1, -0.05) is 18.2 Å². The molecule has 19 heavy (non-hydrogen) atoms. The molecule has 0 fully saturated rings. The third kappa shape index (κ3) is 2.19. The molecule has 1 unspecified atom stereocenters. The van der Waals surface area contributed by atoms with E-state index in [0.717, 1.165) is 6.54 Å². The zero-order chi connectivity index (χ0) is 13.2. The maximum absolute atomic E-state index is 4.38. The number of fused-ring (bicyclic) bond motifs is 1. The second kappa shape index (κ2) is 5.17. The zero-order valence-corrected chi connectivity index (χ0v) is 11.7. The van der Waals surface area contributed by atoms with Crippen molar-refractivity contribution in [2.24, 2.45) is 0 Å². The number of nitrogens with zero attached hydrogens (tertiary/aromatic N) is 2. The summed E-state index contributed by atoms with van der Waals surface area (Å²) in [4.78, 5) is 0. The van der Waals surface area contributed by atoms with E-state index in [1.54, 1.807) is 0 Å². The highest BCUT2D eigenvalue weighted by Gasteiger charge is 2.18. The first-order valence-electron chi connectivity index (χ1n) is 7.14. The van der Waals surface area contributed by atoms with Crippen LogP contribution in [0.2, 0.25) is 0 Å². The van der Waals surface area contributed by atoms with Crippen LogP contribution in [0.25, 0.3) is 0 Å². The predicted octanol–water partition coefficient (Wildman–Crippen LogP) is 2.70. The number of hydrogen-bond acceptors (Lipinski definition) is 2. The standard InChI is InChI=1S/C16H21N3/c1-3-19-15(9-10-18-19)16(17-2)14-8-7-12-5-4-6-13(12)11-14/h7-11,16-17H,3-6H2,1-2H3. The van der Waals surface area contributed by atoms with Gasteiger partial charge in [-0.15, -0.1) is 0 Å². The van der Waals surface area contributed by atoms with Crippen LogP contribution in [0, 0.1) is 0 Å². The van der Waals surface area contributed by atoms with Crippen molar-refractivity contribution in [3.8, 4) is 0 Å². The summed E-state index contributed by atoms with van der Waals surface area (Å²) in [6, 6.07) is 9.27. The Labute approximate surface area is 114 Å². The molecule has 3 nitrogen and oxygen atoms in total. The van der Waals surface area contributed by atoms with E-state index in [0.29, 0.717) is 0 Å². The molecule has 2 aromatic rings. The Balaban J connectivity index is 1.98. The Morgan fingerprint density at radius 1 is 1.26 bits per heavy atom. The summed E-state index contributed by atoms with van der Waals surface area (Å²) in [5, 5.41) is 7.80. The summed E-state index contributed by atoms with van der Waals surface area (Å²) in [6.07, 6.45) is 5.66. The van der Waals surface area contributed by atoms with Crippen LogP contribution in [-0.4, -0.2) is 16.8 Å². The molecule has 3 rings (SSSR count). The normalized spacial score (nSPS) is 15.5. The van der Waals surface area contributed by atoms with Gasteiger partial charge >= 0.3 is 0 Å². The van der Waals surface area contributed by atoms with E-state index in [1.807, 2.05) is 13.2 Å². The van der Waals surface area contributed by atoms with Crippen molar-refractivity contribution in [3.05, 3.63) is 52.8 Å². The Hall–Kier alpha value is -1.61. The minimum Gasteiger partial charge on any atom is -0.308 e. The third-order valence-electron chi connectivity index (χ3n) is 4.09. The minimum atomic E-state index is 0.230. The van der Waals surface area contributed by atoms with E-state index in [4.69, 9.17) is 0 Å².